The van der Waals surface area contributed by atoms with Crippen LogP contribution >= 0.6 is 0 Å². The molecule has 3 N–H and O–H groups in total. The van der Waals surface area contributed by atoms with Gasteiger partial charge in [-0.15, -0.1) is 0 Å². The number of rotatable bonds is 8. The highest BCUT2D eigenvalue weighted by atomic mass is 16.5. The molecule has 1 heterocycles. The van der Waals surface area contributed by atoms with Crippen LogP contribution in [0.25, 0.3) is 0 Å². The van der Waals surface area contributed by atoms with E-state index >= 15 is 0 Å². The minimum Gasteiger partial charge on any atom is -0.497 e. The Balaban J connectivity index is 1.99. The number of aliphatic hydroxyl groups excluding tert-OH is 1. The van der Waals surface area contributed by atoms with Crippen molar-refractivity contribution in [3.63, 3.8) is 0 Å². The van der Waals surface area contributed by atoms with Crippen molar-refractivity contribution in [3.05, 3.63) is 36.4 Å². The third-order valence-electron chi connectivity index (χ3n) is 6.77. The molecule has 1 saturated heterocycles. The lowest BCUT2D eigenvalue weighted by molar-refractivity contribution is -0.142. The lowest BCUT2D eigenvalue weighted by Gasteiger charge is -2.34. The number of ether oxygens (including phenoxy) is 1. The Morgan fingerprint density at radius 2 is 1.84 bits per heavy atom. The van der Waals surface area contributed by atoms with E-state index in [-0.39, 0.29) is 30.2 Å². The van der Waals surface area contributed by atoms with Crippen molar-refractivity contribution in [2.75, 3.05) is 26.1 Å². The van der Waals surface area contributed by atoms with Gasteiger partial charge in [0, 0.05) is 18.7 Å². The highest BCUT2D eigenvalue weighted by Gasteiger charge is 2.58. The highest BCUT2D eigenvalue weighted by molar-refractivity contribution is 6.02. The molecule has 174 valence electrons. The summed E-state index contributed by atoms with van der Waals surface area (Å²) in [6, 6.07) is 5.64. The third-order valence-corrected chi connectivity index (χ3v) is 6.77. The van der Waals surface area contributed by atoms with Crippen LogP contribution < -0.4 is 15.4 Å². The smallest absolute Gasteiger partial charge is 0.247 e. The van der Waals surface area contributed by atoms with Gasteiger partial charge in [-0.1, -0.05) is 26.0 Å². The number of methoxy groups -OCH3 is 1. The fraction of sp³-hybridized carbons (Fsp3) is 0.542. The Labute approximate surface area is 189 Å². The molecule has 32 heavy (non-hydrogen) atoms. The van der Waals surface area contributed by atoms with Crippen LogP contribution in [-0.2, 0) is 14.4 Å². The molecule has 8 heteroatoms. The average molecular weight is 444 g/mol. The fourth-order valence-corrected chi connectivity index (χ4v) is 5.06. The maximum Gasteiger partial charge on any atom is 0.247 e. The largest absolute Gasteiger partial charge is 0.497 e. The van der Waals surface area contributed by atoms with Crippen LogP contribution in [0.4, 0.5) is 5.69 Å². The first-order valence-electron chi connectivity index (χ1n) is 11.2. The zero-order chi connectivity index (χ0) is 23.4. The van der Waals surface area contributed by atoms with E-state index in [0.29, 0.717) is 24.3 Å². The maximum atomic E-state index is 13.6. The number of aliphatic hydroxyl groups is 1. The molecule has 2 aliphatic rings. The van der Waals surface area contributed by atoms with E-state index < -0.39 is 29.8 Å². The predicted octanol–water partition coefficient (Wildman–Crippen LogP) is 1.81. The van der Waals surface area contributed by atoms with E-state index in [4.69, 9.17) is 4.74 Å². The molecular formula is C24H33N3O5. The molecule has 0 saturated carbocycles. The van der Waals surface area contributed by atoms with Gasteiger partial charge in [-0.05, 0) is 43.0 Å². The van der Waals surface area contributed by atoms with Crippen molar-refractivity contribution in [1.82, 2.24) is 10.2 Å². The molecular weight excluding hydrogens is 410 g/mol. The number of amides is 3. The van der Waals surface area contributed by atoms with Crippen LogP contribution in [0.2, 0.25) is 0 Å². The van der Waals surface area contributed by atoms with E-state index in [2.05, 4.69) is 10.6 Å². The Kier molecular flexibility index (Phi) is 7.56. The monoisotopic (exact) mass is 443 g/mol. The van der Waals surface area contributed by atoms with Gasteiger partial charge in [0.1, 0.15) is 11.8 Å². The SMILES string of the molecule is CC[C@@H](CO)N1C(=O)[C@H]2[C@H](C=C[C@@H](CC)[C@H]2C(=O)NC)[C@H]1C(=O)Nc1ccc(OC)cc1. The van der Waals surface area contributed by atoms with Gasteiger partial charge in [0.15, 0.2) is 0 Å². The molecule has 0 spiro atoms. The summed E-state index contributed by atoms with van der Waals surface area (Å²) in [5.74, 6) is -1.84. The number of carbonyl (C=O) groups is 3. The number of hydrogen-bond acceptors (Lipinski definition) is 5. The maximum absolute atomic E-state index is 13.6. The number of fused-ring (bicyclic) bond motifs is 1. The number of likely N-dealkylation sites (tertiary alicyclic amines) is 1. The zero-order valence-electron chi connectivity index (χ0n) is 19.1. The number of anilines is 1. The Hall–Kier alpha value is -2.87. The van der Waals surface area contributed by atoms with Crippen LogP contribution in [-0.4, -0.2) is 60.6 Å². The van der Waals surface area contributed by atoms with Crippen molar-refractivity contribution in [2.45, 2.75) is 38.8 Å². The molecule has 0 aromatic heterocycles. The second kappa shape index (κ2) is 10.2. The van der Waals surface area contributed by atoms with E-state index in [1.807, 2.05) is 26.0 Å². The van der Waals surface area contributed by atoms with Crippen LogP contribution in [0, 0.1) is 23.7 Å². The second-order valence-corrected chi connectivity index (χ2v) is 8.35. The van der Waals surface area contributed by atoms with Crippen molar-refractivity contribution < 1.29 is 24.2 Å². The highest BCUT2D eigenvalue weighted by Crippen LogP contribution is 2.46. The molecule has 0 radical (unpaired) electrons. The van der Waals surface area contributed by atoms with Gasteiger partial charge in [-0.3, -0.25) is 14.4 Å². The topological polar surface area (TPSA) is 108 Å². The summed E-state index contributed by atoms with van der Waals surface area (Å²) in [6.07, 6.45) is 5.09. The quantitative estimate of drug-likeness (QED) is 0.531. The number of allylic oxidation sites excluding steroid dienone is 1. The van der Waals surface area contributed by atoms with Gasteiger partial charge < -0.3 is 25.4 Å². The first-order chi connectivity index (χ1) is 15.4. The molecule has 1 fully saturated rings. The first-order valence-corrected chi connectivity index (χ1v) is 11.2. The van der Waals surface area contributed by atoms with Crippen LogP contribution in [0.1, 0.15) is 26.7 Å². The number of nitrogens with one attached hydrogen (secondary N) is 2. The molecule has 6 atom stereocenters. The van der Waals surface area contributed by atoms with E-state index in [9.17, 15) is 19.5 Å². The minimum absolute atomic E-state index is 0.0837. The van der Waals surface area contributed by atoms with Crippen LogP contribution in [0.5, 0.6) is 5.75 Å². The molecule has 1 aliphatic heterocycles. The summed E-state index contributed by atoms with van der Waals surface area (Å²) >= 11 is 0. The molecule has 3 amide bonds. The van der Waals surface area contributed by atoms with Crippen molar-refractivity contribution >= 4 is 23.4 Å². The Morgan fingerprint density at radius 1 is 1.16 bits per heavy atom. The van der Waals surface area contributed by atoms with Gasteiger partial charge in [0.25, 0.3) is 0 Å². The fourth-order valence-electron chi connectivity index (χ4n) is 5.06. The minimum atomic E-state index is -0.812. The van der Waals surface area contributed by atoms with Gasteiger partial charge >= 0.3 is 0 Å². The average Bonchev–Trinajstić information content (AvgIpc) is 3.11. The van der Waals surface area contributed by atoms with Crippen molar-refractivity contribution in [3.8, 4) is 5.75 Å². The number of benzene rings is 1. The summed E-state index contributed by atoms with van der Waals surface area (Å²) in [6.45, 7) is 3.61. The summed E-state index contributed by atoms with van der Waals surface area (Å²) in [7, 11) is 3.13. The van der Waals surface area contributed by atoms with E-state index in [1.54, 1.807) is 38.4 Å². The Morgan fingerprint density at radius 3 is 2.38 bits per heavy atom. The lowest BCUT2D eigenvalue weighted by atomic mass is 9.69. The summed E-state index contributed by atoms with van der Waals surface area (Å²) in [4.78, 5) is 41.4. The van der Waals surface area contributed by atoms with Crippen LogP contribution in [0.3, 0.4) is 0 Å². The third kappa shape index (κ3) is 4.24. The standard InChI is InChI=1S/C24H33N3O5/c1-5-14-7-12-18-20(19(14)22(29)25-3)24(31)27(16(6-2)13-28)21(18)23(30)26-15-8-10-17(32-4)11-9-15/h7-12,14,16,18-21,28H,5-6,13H2,1-4H3,(H,25,29)(H,26,30)/t14-,16+,18+,19-,20+,21+/m1/s1. The van der Waals surface area contributed by atoms with Gasteiger partial charge in [-0.25, -0.2) is 0 Å². The lowest BCUT2D eigenvalue weighted by Crippen LogP contribution is -2.50. The predicted molar refractivity (Wildman–Crippen MR) is 121 cm³/mol. The van der Waals surface area contributed by atoms with Crippen LogP contribution in [0.15, 0.2) is 36.4 Å². The van der Waals surface area contributed by atoms with E-state index in [0.717, 1.165) is 0 Å². The van der Waals surface area contributed by atoms with Gasteiger partial charge in [-0.2, -0.15) is 0 Å². The van der Waals surface area contributed by atoms with Crippen molar-refractivity contribution in [2.24, 2.45) is 23.7 Å². The van der Waals surface area contributed by atoms with E-state index in [1.165, 1.54) is 4.90 Å². The molecule has 1 aromatic carbocycles. The molecule has 3 rings (SSSR count). The molecule has 0 unspecified atom stereocenters. The molecule has 1 aliphatic carbocycles. The van der Waals surface area contributed by atoms with Gasteiger partial charge in [0.05, 0.1) is 31.6 Å². The van der Waals surface area contributed by atoms with Crippen molar-refractivity contribution in [1.29, 1.82) is 0 Å². The molecule has 8 nitrogen and oxygen atoms in total. The normalized spacial score (nSPS) is 27.6. The zero-order valence-corrected chi connectivity index (χ0v) is 19.1. The first kappa shape index (κ1) is 23.8. The summed E-state index contributed by atoms with van der Waals surface area (Å²) in [5, 5.41) is 15.6. The molecule has 1 aromatic rings. The number of carbonyl (C=O) groups excluding carboxylic acids is 3. The second-order valence-electron chi connectivity index (χ2n) is 8.35. The number of hydrogen-bond donors (Lipinski definition) is 3. The summed E-state index contributed by atoms with van der Waals surface area (Å²) < 4.78 is 5.16. The Bertz CT molecular complexity index is 865. The number of nitrogens with zero attached hydrogens (tertiary/aromatic N) is 1. The van der Waals surface area contributed by atoms with Gasteiger partial charge in [0.2, 0.25) is 17.7 Å². The summed E-state index contributed by atoms with van der Waals surface area (Å²) in [5.41, 5.74) is 0.581. The molecule has 0 bridgehead atoms.